The molecule has 0 atom stereocenters. The third-order valence-electron chi connectivity index (χ3n) is 5.61. The van der Waals surface area contributed by atoms with E-state index in [4.69, 9.17) is 5.10 Å². The summed E-state index contributed by atoms with van der Waals surface area (Å²) in [5, 5.41) is 8.53. The van der Waals surface area contributed by atoms with E-state index in [1.165, 1.54) is 69.9 Å². The molecule has 2 aliphatic rings. The summed E-state index contributed by atoms with van der Waals surface area (Å²) >= 11 is 0. The Morgan fingerprint density at radius 2 is 1.86 bits per heavy atom. The van der Waals surface area contributed by atoms with Crippen LogP contribution >= 0.6 is 0 Å². The highest BCUT2D eigenvalue weighted by molar-refractivity contribution is 5.00. The van der Waals surface area contributed by atoms with E-state index in [1.807, 2.05) is 0 Å². The van der Waals surface area contributed by atoms with Crippen molar-refractivity contribution in [1.82, 2.24) is 15.1 Å². The van der Waals surface area contributed by atoms with Gasteiger partial charge in [0.1, 0.15) is 0 Å². The second-order valence-electron chi connectivity index (χ2n) is 7.09. The van der Waals surface area contributed by atoms with Crippen LogP contribution in [-0.2, 0) is 6.54 Å². The van der Waals surface area contributed by atoms with Crippen LogP contribution in [0, 0.1) is 5.92 Å². The van der Waals surface area contributed by atoms with Gasteiger partial charge < -0.3 is 5.32 Å². The fraction of sp³-hybridized carbons (Fsp3) is 0.833. The van der Waals surface area contributed by atoms with E-state index in [9.17, 15) is 0 Å². The molecule has 3 heteroatoms. The van der Waals surface area contributed by atoms with Gasteiger partial charge in [-0.05, 0) is 50.5 Å². The summed E-state index contributed by atoms with van der Waals surface area (Å²) in [5.41, 5.74) is 1.22. The minimum atomic E-state index is 0.660. The maximum absolute atomic E-state index is 4.80. The number of nitrogens with zero attached hydrogens (tertiary/aromatic N) is 2. The predicted molar refractivity (Wildman–Crippen MR) is 87.2 cm³/mol. The van der Waals surface area contributed by atoms with Crippen molar-refractivity contribution in [2.45, 2.75) is 89.8 Å². The van der Waals surface area contributed by atoms with Crippen LogP contribution in [0.25, 0.3) is 0 Å². The van der Waals surface area contributed by atoms with Gasteiger partial charge in [0.15, 0.2) is 0 Å². The molecule has 2 saturated carbocycles. The molecule has 1 aromatic heterocycles. The molecular formula is C18H31N3. The lowest BCUT2D eigenvalue weighted by Crippen LogP contribution is -2.32. The molecule has 0 aromatic carbocycles. The number of aromatic nitrogens is 2. The lowest BCUT2D eigenvalue weighted by molar-refractivity contribution is 0.283. The van der Waals surface area contributed by atoms with Gasteiger partial charge in [0.25, 0.3) is 0 Å². The Morgan fingerprint density at radius 3 is 2.57 bits per heavy atom. The molecule has 1 N–H and O–H groups in total. The molecule has 0 radical (unpaired) electrons. The summed E-state index contributed by atoms with van der Waals surface area (Å²) in [6.45, 7) is 3.28. The van der Waals surface area contributed by atoms with Crippen molar-refractivity contribution >= 4 is 0 Å². The zero-order chi connectivity index (χ0) is 14.5. The van der Waals surface area contributed by atoms with Gasteiger partial charge in [0.05, 0.1) is 11.7 Å². The molecule has 3 nitrogen and oxygen atoms in total. The molecule has 0 spiro atoms. The lowest BCUT2D eigenvalue weighted by Gasteiger charge is -2.28. The SMILES string of the molecule is CCC1CCC(NCc2ccn(C3CCCCC3)n2)CC1. The maximum atomic E-state index is 4.80. The normalized spacial score (nSPS) is 27.9. The molecule has 0 unspecified atom stereocenters. The van der Waals surface area contributed by atoms with Crippen molar-refractivity contribution in [3.8, 4) is 0 Å². The number of rotatable bonds is 5. The fourth-order valence-electron chi connectivity index (χ4n) is 4.04. The quantitative estimate of drug-likeness (QED) is 0.868. The molecular weight excluding hydrogens is 258 g/mol. The Morgan fingerprint density at radius 1 is 1.10 bits per heavy atom. The average molecular weight is 289 g/mol. The summed E-state index contributed by atoms with van der Waals surface area (Å²) in [4.78, 5) is 0. The molecule has 21 heavy (non-hydrogen) atoms. The van der Waals surface area contributed by atoms with E-state index < -0.39 is 0 Å². The van der Waals surface area contributed by atoms with Crippen LogP contribution in [0.15, 0.2) is 12.3 Å². The Kier molecular flexibility index (Phi) is 5.34. The van der Waals surface area contributed by atoms with E-state index in [0.717, 1.165) is 12.5 Å². The van der Waals surface area contributed by atoms with Crippen molar-refractivity contribution in [2.24, 2.45) is 5.92 Å². The minimum Gasteiger partial charge on any atom is -0.308 e. The van der Waals surface area contributed by atoms with Gasteiger partial charge in [-0.25, -0.2) is 0 Å². The van der Waals surface area contributed by atoms with E-state index in [1.54, 1.807) is 0 Å². The average Bonchev–Trinajstić information content (AvgIpc) is 3.03. The number of hydrogen-bond donors (Lipinski definition) is 1. The predicted octanol–water partition coefficient (Wildman–Crippen LogP) is 4.45. The van der Waals surface area contributed by atoms with E-state index >= 15 is 0 Å². The summed E-state index contributed by atoms with van der Waals surface area (Å²) in [7, 11) is 0. The van der Waals surface area contributed by atoms with Gasteiger partial charge in [-0.1, -0.05) is 32.6 Å². The van der Waals surface area contributed by atoms with Crippen LogP contribution < -0.4 is 5.32 Å². The molecule has 118 valence electrons. The Hall–Kier alpha value is -0.830. The van der Waals surface area contributed by atoms with Crippen molar-refractivity contribution in [3.63, 3.8) is 0 Å². The fourth-order valence-corrected chi connectivity index (χ4v) is 4.04. The summed E-state index contributed by atoms with van der Waals surface area (Å²) < 4.78 is 2.23. The molecule has 1 aromatic rings. The van der Waals surface area contributed by atoms with Crippen molar-refractivity contribution in [2.75, 3.05) is 0 Å². The van der Waals surface area contributed by atoms with Crippen LogP contribution in [0.5, 0.6) is 0 Å². The van der Waals surface area contributed by atoms with Crippen molar-refractivity contribution in [1.29, 1.82) is 0 Å². The van der Waals surface area contributed by atoms with Crippen LogP contribution in [-0.4, -0.2) is 15.8 Å². The van der Waals surface area contributed by atoms with Gasteiger partial charge >= 0.3 is 0 Å². The molecule has 2 aliphatic carbocycles. The van der Waals surface area contributed by atoms with Crippen LogP contribution in [0.1, 0.15) is 82.9 Å². The second kappa shape index (κ2) is 7.44. The highest BCUT2D eigenvalue weighted by Gasteiger charge is 2.20. The first-order valence-corrected chi connectivity index (χ1v) is 9.12. The maximum Gasteiger partial charge on any atom is 0.0762 e. The topological polar surface area (TPSA) is 29.9 Å². The summed E-state index contributed by atoms with van der Waals surface area (Å²) in [5.74, 6) is 0.980. The molecule has 2 fully saturated rings. The third-order valence-corrected chi connectivity index (χ3v) is 5.61. The molecule has 0 bridgehead atoms. The minimum absolute atomic E-state index is 0.660. The van der Waals surface area contributed by atoms with Crippen molar-refractivity contribution < 1.29 is 0 Å². The van der Waals surface area contributed by atoms with E-state index in [0.29, 0.717) is 12.1 Å². The van der Waals surface area contributed by atoms with E-state index in [-0.39, 0.29) is 0 Å². The van der Waals surface area contributed by atoms with Gasteiger partial charge in [0, 0.05) is 18.8 Å². The standard InChI is InChI=1S/C18H31N3/c1-2-15-8-10-16(11-9-15)19-14-17-12-13-21(20-17)18-6-4-3-5-7-18/h12-13,15-16,18-19H,2-11,14H2,1H3. The molecule has 0 saturated heterocycles. The first-order valence-electron chi connectivity index (χ1n) is 9.12. The number of nitrogens with one attached hydrogen (secondary N) is 1. The van der Waals surface area contributed by atoms with Crippen molar-refractivity contribution in [3.05, 3.63) is 18.0 Å². The Bertz CT molecular complexity index is 412. The van der Waals surface area contributed by atoms with Gasteiger partial charge in [-0.2, -0.15) is 5.10 Å². The molecule has 0 amide bonds. The zero-order valence-corrected chi connectivity index (χ0v) is 13.6. The Labute approximate surface area is 129 Å². The Balaban J connectivity index is 1.44. The highest BCUT2D eigenvalue weighted by atomic mass is 15.3. The second-order valence-corrected chi connectivity index (χ2v) is 7.09. The summed E-state index contributed by atoms with van der Waals surface area (Å²) in [6, 6.07) is 3.58. The van der Waals surface area contributed by atoms with Gasteiger partial charge in [-0.15, -0.1) is 0 Å². The van der Waals surface area contributed by atoms with E-state index in [2.05, 4.69) is 29.2 Å². The molecule has 0 aliphatic heterocycles. The molecule has 1 heterocycles. The highest BCUT2D eigenvalue weighted by Crippen LogP contribution is 2.28. The lowest BCUT2D eigenvalue weighted by atomic mass is 9.84. The van der Waals surface area contributed by atoms with Crippen LogP contribution in [0.4, 0.5) is 0 Å². The molecule has 3 rings (SSSR count). The monoisotopic (exact) mass is 289 g/mol. The largest absolute Gasteiger partial charge is 0.308 e. The summed E-state index contributed by atoms with van der Waals surface area (Å²) in [6.07, 6.45) is 15.9. The number of hydrogen-bond acceptors (Lipinski definition) is 2. The first kappa shape index (κ1) is 15.1. The third kappa shape index (κ3) is 4.09. The van der Waals surface area contributed by atoms with Gasteiger partial charge in [-0.3, -0.25) is 4.68 Å². The first-order chi connectivity index (χ1) is 10.3. The van der Waals surface area contributed by atoms with Crippen LogP contribution in [0.3, 0.4) is 0 Å². The smallest absolute Gasteiger partial charge is 0.0762 e. The van der Waals surface area contributed by atoms with Crippen LogP contribution in [0.2, 0.25) is 0 Å². The van der Waals surface area contributed by atoms with Gasteiger partial charge in [0.2, 0.25) is 0 Å². The zero-order valence-electron chi connectivity index (χ0n) is 13.6.